The van der Waals surface area contributed by atoms with Gasteiger partial charge in [0.15, 0.2) is 16.7 Å². The number of ether oxygens (including phenoxy) is 2. The summed E-state index contributed by atoms with van der Waals surface area (Å²) in [6, 6.07) is 19.0. The zero-order chi connectivity index (χ0) is 21.6. The van der Waals surface area contributed by atoms with E-state index >= 15 is 0 Å². The molecule has 4 rings (SSSR count). The van der Waals surface area contributed by atoms with Gasteiger partial charge in [0.1, 0.15) is 0 Å². The molecule has 31 heavy (non-hydrogen) atoms. The maximum absolute atomic E-state index is 13.3. The molecule has 1 fully saturated rings. The zero-order valence-corrected chi connectivity index (χ0v) is 18.0. The number of nitrogens with zero attached hydrogens (tertiary/aromatic N) is 3. The standard InChI is InChI=1S/C24H21N3O3S/c1-29-20-9-8-18(14-21(20)30-2)15-22-23(28)27(16-17-10-12-25-13-11-17)24(31-22)26-19-6-4-3-5-7-19/h3-15H,16H2,1-2H3/b22-15+,26-24?. The van der Waals surface area contributed by atoms with Crippen molar-refractivity contribution < 1.29 is 14.3 Å². The molecule has 156 valence electrons. The van der Waals surface area contributed by atoms with Gasteiger partial charge in [0, 0.05) is 12.4 Å². The van der Waals surface area contributed by atoms with E-state index in [1.807, 2.05) is 66.7 Å². The molecule has 1 saturated heterocycles. The minimum Gasteiger partial charge on any atom is -0.493 e. The lowest BCUT2D eigenvalue weighted by Gasteiger charge is -2.15. The molecule has 7 heteroatoms. The van der Waals surface area contributed by atoms with Crippen LogP contribution in [0, 0.1) is 0 Å². The predicted octanol–water partition coefficient (Wildman–Crippen LogP) is 4.90. The second-order valence-electron chi connectivity index (χ2n) is 6.70. The van der Waals surface area contributed by atoms with Gasteiger partial charge in [-0.1, -0.05) is 24.3 Å². The van der Waals surface area contributed by atoms with Crippen molar-refractivity contribution in [2.75, 3.05) is 14.2 Å². The Morgan fingerprint density at radius 1 is 1.00 bits per heavy atom. The molecule has 6 nitrogen and oxygen atoms in total. The molecular weight excluding hydrogens is 410 g/mol. The molecule has 2 heterocycles. The summed E-state index contributed by atoms with van der Waals surface area (Å²) in [5.74, 6) is 1.16. The highest BCUT2D eigenvalue weighted by molar-refractivity contribution is 8.18. The number of carbonyl (C=O) groups excluding carboxylic acids is 1. The van der Waals surface area contributed by atoms with Crippen molar-refractivity contribution in [1.29, 1.82) is 0 Å². The molecular formula is C24H21N3O3S. The lowest BCUT2D eigenvalue weighted by Crippen LogP contribution is -2.28. The predicted molar refractivity (Wildman–Crippen MR) is 123 cm³/mol. The summed E-state index contributed by atoms with van der Waals surface area (Å²) in [6.45, 7) is 0.420. The highest BCUT2D eigenvalue weighted by Gasteiger charge is 2.33. The Morgan fingerprint density at radius 2 is 1.74 bits per heavy atom. The smallest absolute Gasteiger partial charge is 0.267 e. The van der Waals surface area contributed by atoms with Crippen molar-refractivity contribution in [2.24, 2.45) is 4.99 Å². The summed E-state index contributed by atoms with van der Waals surface area (Å²) in [4.78, 5) is 24.3. The molecule has 0 spiro atoms. The maximum atomic E-state index is 13.3. The number of aromatic nitrogens is 1. The first kappa shape index (κ1) is 20.7. The molecule has 0 N–H and O–H groups in total. The van der Waals surface area contributed by atoms with Gasteiger partial charge in [-0.3, -0.25) is 14.7 Å². The number of thioether (sulfide) groups is 1. The van der Waals surface area contributed by atoms with Crippen LogP contribution in [0.4, 0.5) is 5.69 Å². The first-order valence-corrected chi connectivity index (χ1v) is 10.5. The number of methoxy groups -OCH3 is 2. The van der Waals surface area contributed by atoms with Crippen molar-refractivity contribution in [3.63, 3.8) is 0 Å². The molecule has 0 unspecified atom stereocenters. The van der Waals surface area contributed by atoms with Crippen LogP contribution in [0.3, 0.4) is 0 Å². The highest BCUT2D eigenvalue weighted by atomic mass is 32.2. The van der Waals surface area contributed by atoms with Crippen molar-refractivity contribution >= 4 is 34.6 Å². The first-order chi connectivity index (χ1) is 15.2. The number of amidine groups is 1. The molecule has 1 aromatic heterocycles. The van der Waals surface area contributed by atoms with Crippen LogP contribution in [0.15, 0.2) is 83.0 Å². The number of aliphatic imine (C=N–C) groups is 1. The van der Waals surface area contributed by atoms with Crippen LogP contribution in [-0.2, 0) is 11.3 Å². The monoisotopic (exact) mass is 431 g/mol. The maximum Gasteiger partial charge on any atom is 0.267 e. The van der Waals surface area contributed by atoms with Gasteiger partial charge in [-0.15, -0.1) is 0 Å². The lowest BCUT2D eigenvalue weighted by molar-refractivity contribution is -0.122. The van der Waals surface area contributed by atoms with E-state index in [0.29, 0.717) is 28.1 Å². The van der Waals surface area contributed by atoms with Gasteiger partial charge in [0.05, 0.1) is 31.4 Å². The molecule has 3 aromatic rings. The van der Waals surface area contributed by atoms with Crippen LogP contribution >= 0.6 is 11.8 Å². The fourth-order valence-electron chi connectivity index (χ4n) is 3.11. The van der Waals surface area contributed by atoms with Crippen LogP contribution in [-0.4, -0.2) is 35.2 Å². The summed E-state index contributed by atoms with van der Waals surface area (Å²) in [5, 5.41) is 0.639. The fourth-order valence-corrected chi connectivity index (χ4v) is 4.11. The zero-order valence-electron chi connectivity index (χ0n) is 17.2. The van der Waals surface area contributed by atoms with Gasteiger partial charge in [0.25, 0.3) is 5.91 Å². The third-order valence-corrected chi connectivity index (χ3v) is 5.67. The molecule has 1 amide bonds. The van der Waals surface area contributed by atoms with Crippen molar-refractivity contribution in [3.8, 4) is 11.5 Å². The molecule has 0 saturated carbocycles. The van der Waals surface area contributed by atoms with Gasteiger partial charge in [-0.2, -0.15) is 0 Å². The molecule has 0 bridgehead atoms. The number of pyridine rings is 1. The molecule has 0 atom stereocenters. The average molecular weight is 432 g/mol. The van der Waals surface area contributed by atoms with Crippen LogP contribution in [0.25, 0.3) is 6.08 Å². The second-order valence-corrected chi connectivity index (χ2v) is 7.71. The first-order valence-electron chi connectivity index (χ1n) is 9.64. The minimum atomic E-state index is -0.0914. The summed E-state index contributed by atoms with van der Waals surface area (Å²) in [7, 11) is 3.18. The number of hydrogen-bond donors (Lipinski definition) is 0. The number of para-hydroxylation sites is 1. The van der Waals surface area contributed by atoms with E-state index in [0.717, 1.165) is 16.8 Å². The molecule has 1 aliphatic heterocycles. The summed E-state index contributed by atoms with van der Waals surface area (Å²) >= 11 is 1.36. The van der Waals surface area contributed by atoms with Crippen LogP contribution in [0.5, 0.6) is 11.5 Å². The van der Waals surface area contributed by atoms with Gasteiger partial charge in [0.2, 0.25) is 0 Å². The fraction of sp³-hybridized carbons (Fsp3) is 0.125. The van der Waals surface area contributed by atoms with E-state index in [1.165, 1.54) is 11.8 Å². The van der Waals surface area contributed by atoms with Crippen molar-refractivity contribution in [3.05, 3.63) is 89.1 Å². The van der Waals surface area contributed by atoms with E-state index in [-0.39, 0.29) is 5.91 Å². The van der Waals surface area contributed by atoms with E-state index < -0.39 is 0 Å². The average Bonchev–Trinajstić information content (AvgIpc) is 3.09. The van der Waals surface area contributed by atoms with Gasteiger partial charge in [-0.05, 0) is 65.4 Å². The third kappa shape index (κ3) is 4.78. The number of hydrogen-bond acceptors (Lipinski definition) is 6. The van der Waals surface area contributed by atoms with Crippen LogP contribution < -0.4 is 9.47 Å². The topological polar surface area (TPSA) is 64.0 Å². The third-order valence-electron chi connectivity index (χ3n) is 4.66. The Morgan fingerprint density at radius 3 is 2.45 bits per heavy atom. The molecule has 0 radical (unpaired) electrons. The van der Waals surface area contributed by atoms with Gasteiger partial charge < -0.3 is 9.47 Å². The van der Waals surface area contributed by atoms with E-state index in [1.54, 1.807) is 31.5 Å². The van der Waals surface area contributed by atoms with E-state index in [2.05, 4.69) is 4.98 Å². The number of amides is 1. The quantitative estimate of drug-likeness (QED) is 0.519. The Labute approximate surface area is 185 Å². The van der Waals surface area contributed by atoms with E-state index in [9.17, 15) is 4.79 Å². The van der Waals surface area contributed by atoms with Gasteiger partial charge in [-0.25, -0.2) is 4.99 Å². The largest absolute Gasteiger partial charge is 0.493 e. The molecule has 0 aliphatic carbocycles. The molecule has 2 aromatic carbocycles. The highest BCUT2D eigenvalue weighted by Crippen LogP contribution is 2.36. The summed E-state index contributed by atoms with van der Waals surface area (Å²) < 4.78 is 10.7. The Bertz CT molecular complexity index is 1130. The minimum absolute atomic E-state index is 0.0914. The summed E-state index contributed by atoms with van der Waals surface area (Å²) in [6.07, 6.45) is 5.29. The van der Waals surface area contributed by atoms with Crippen LogP contribution in [0.2, 0.25) is 0 Å². The Balaban J connectivity index is 1.69. The van der Waals surface area contributed by atoms with Crippen molar-refractivity contribution in [2.45, 2.75) is 6.54 Å². The van der Waals surface area contributed by atoms with Crippen molar-refractivity contribution in [1.82, 2.24) is 9.88 Å². The Hall–Kier alpha value is -3.58. The molecule has 1 aliphatic rings. The van der Waals surface area contributed by atoms with Gasteiger partial charge >= 0.3 is 0 Å². The van der Waals surface area contributed by atoms with Crippen LogP contribution in [0.1, 0.15) is 11.1 Å². The summed E-state index contributed by atoms with van der Waals surface area (Å²) in [5.41, 5.74) is 2.63. The van der Waals surface area contributed by atoms with E-state index in [4.69, 9.17) is 14.5 Å². The number of rotatable bonds is 6. The number of benzene rings is 2. The second kappa shape index (κ2) is 9.49. The SMILES string of the molecule is COc1ccc(/C=C2/SC(=Nc3ccccc3)N(Cc3ccncc3)C2=O)cc1OC. The number of carbonyl (C=O) groups is 1. The lowest BCUT2D eigenvalue weighted by atomic mass is 10.2. The normalized spacial score (nSPS) is 16.2. The Kier molecular flexibility index (Phi) is 6.33.